The van der Waals surface area contributed by atoms with Crippen LogP contribution in [-0.2, 0) is 7.05 Å². The van der Waals surface area contributed by atoms with Crippen LogP contribution in [0.1, 0.15) is 21.6 Å². The zero-order chi connectivity index (χ0) is 12.6. The highest BCUT2D eigenvalue weighted by Gasteiger charge is 2.14. The molecule has 1 N–H and O–H groups in total. The van der Waals surface area contributed by atoms with Crippen molar-refractivity contribution < 1.29 is 9.90 Å². The number of aryl methyl sites for hydroxylation is 2. The minimum atomic E-state index is -0.962. The Bertz CT molecular complexity index is 585. The van der Waals surface area contributed by atoms with E-state index in [2.05, 4.69) is 11.1 Å². The molecular weight excluding hydrogens is 216 g/mol. The Labute approximate surface area is 99.5 Å². The van der Waals surface area contributed by atoms with Gasteiger partial charge in [-0.1, -0.05) is 23.8 Å². The van der Waals surface area contributed by atoms with E-state index < -0.39 is 5.97 Å². The van der Waals surface area contributed by atoms with Gasteiger partial charge in [-0.05, 0) is 19.4 Å². The number of aromatic nitrogens is 2. The van der Waals surface area contributed by atoms with E-state index in [0.717, 1.165) is 11.1 Å². The maximum absolute atomic E-state index is 10.9. The van der Waals surface area contributed by atoms with E-state index in [-0.39, 0.29) is 5.69 Å². The molecule has 0 radical (unpaired) electrons. The first-order valence-electron chi connectivity index (χ1n) is 5.33. The lowest BCUT2D eigenvalue weighted by Crippen LogP contribution is -2.05. The second kappa shape index (κ2) is 4.05. The van der Waals surface area contributed by atoms with Gasteiger partial charge in [0.2, 0.25) is 0 Å². The Hall–Kier alpha value is -2.10. The molecule has 88 valence electrons. The Morgan fingerprint density at radius 3 is 2.59 bits per heavy atom. The molecule has 0 aliphatic heterocycles. The standard InChI is InChI=1S/C13H14N2O2/c1-8-4-5-10(9(2)6-8)12-14-7-11(13(16)17)15(12)3/h4-7H,1-3H3,(H,16,17). The van der Waals surface area contributed by atoms with Crippen molar-refractivity contribution in [2.75, 3.05) is 0 Å². The molecule has 0 bridgehead atoms. The van der Waals surface area contributed by atoms with Crippen molar-refractivity contribution >= 4 is 5.97 Å². The fraction of sp³-hybridized carbons (Fsp3) is 0.231. The molecule has 4 heteroatoms. The molecule has 2 rings (SSSR count). The quantitative estimate of drug-likeness (QED) is 0.861. The summed E-state index contributed by atoms with van der Waals surface area (Å²) in [4.78, 5) is 15.1. The Morgan fingerprint density at radius 2 is 2.06 bits per heavy atom. The van der Waals surface area contributed by atoms with Gasteiger partial charge >= 0.3 is 5.97 Å². The first-order valence-corrected chi connectivity index (χ1v) is 5.33. The van der Waals surface area contributed by atoms with Crippen LogP contribution < -0.4 is 0 Å². The van der Waals surface area contributed by atoms with Gasteiger partial charge in [-0.15, -0.1) is 0 Å². The summed E-state index contributed by atoms with van der Waals surface area (Å²) in [6.07, 6.45) is 1.39. The van der Waals surface area contributed by atoms with Crippen LogP contribution >= 0.6 is 0 Å². The molecule has 0 atom stereocenters. The zero-order valence-electron chi connectivity index (χ0n) is 10.1. The number of hydrogen-bond donors (Lipinski definition) is 1. The zero-order valence-corrected chi connectivity index (χ0v) is 10.1. The highest BCUT2D eigenvalue weighted by Crippen LogP contribution is 2.23. The molecule has 0 saturated carbocycles. The van der Waals surface area contributed by atoms with Gasteiger partial charge in [-0.25, -0.2) is 9.78 Å². The molecule has 17 heavy (non-hydrogen) atoms. The van der Waals surface area contributed by atoms with E-state index in [1.54, 1.807) is 11.6 Å². The van der Waals surface area contributed by atoms with Gasteiger partial charge in [0.05, 0.1) is 6.20 Å². The molecule has 0 fully saturated rings. The van der Waals surface area contributed by atoms with Crippen molar-refractivity contribution in [2.45, 2.75) is 13.8 Å². The van der Waals surface area contributed by atoms with Gasteiger partial charge in [0.15, 0.2) is 0 Å². The molecule has 0 aliphatic carbocycles. The van der Waals surface area contributed by atoms with Gasteiger partial charge in [-0.3, -0.25) is 0 Å². The SMILES string of the molecule is Cc1ccc(-c2ncc(C(=O)O)n2C)c(C)c1. The molecule has 0 amide bonds. The molecule has 4 nitrogen and oxygen atoms in total. The molecular formula is C13H14N2O2. The summed E-state index contributed by atoms with van der Waals surface area (Å²) in [5.74, 6) is -0.282. The normalized spacial score (nSPS) is 10.5. The molecule has 1 aromatic heterocycles. The average molecular weight is 230 g/mol. The summed E-state index contributed by atoms with van der Waals surface area (Å²) in [5, 5.41) is 8.98. The van der Waals surface area contributed by atoms with Crippen molar-refractivity contribution in [1.82, 2.24) is 9.55 Å². The lowest BCUT2D eigenvalue weighted by molar-refractivity contribution is 0.0686. The fourth-order valence-electron chi connectivity index (χ4n) is 1.92. The summed E-state index contributed by atoms with van der Waals surface area (Å²) in [6.45, 7) is 4.02. The minimum Gasteiger partial charge on any atom is -0.477 e. The van der Waals surface area contributed by atoms with Crippen molar-refractivity contribution in [1.29, 1.82) is 0 Å². The van der Waals surface area contributed by atoms with E-state index >= 15 is 0 Å². The van der Waals surface area contributed by atoms with Crippen molar-refractivity contribution in [2.24, 2.45) is 7.05 Å². The van der Waals surface area contributed by atoms with Crippen molar-refractivity contribution in [3.05, 3.63) is 41.2 Å². The van der Waals surface area contributed by atoms with Crippen LogP contribution in [0.3, 0.4) is 0 Å². The number of nitrogens with zero attached hydrogens (tertiary/aromatic N) is 2. The van der Waals surface area contributed by atoms with Gasteiger partial charge in [0, 0.05) is 12.6 Å². The summed E-state index contributed by atoms with van der Waals surface area (Å²) in [5.41, 5.74) is 3.43. The maximum atomic E-state index is 10.9. The number of rotatable bonds is 2. The molecule has 2 aromatic rings. The van der Waals surface area contributed by atoms with Gasteiger partial charge in [0.25, 0.3) is 0 Å². The Kier molecular flexibility index (Phi) is 2.71. The number of carboxylic acids is 1. The third kappa shape index (κ3) is 1.93. The molecule has 1 aromatic carbocycles. The van der Waals surface area contributed by atoms with E-state index in [4.69, 9.17) is 5.11 Å². The molecule has 0 aliphatic rings. The number of carboxylic acid groups (broad SMARTS) is 1. The third-order valence-electron chi connectivity index (χ3n) is 2.83. The molecule has 0 spiro atoms. The molecule has 0 saturated heterocycles. The summed E-state index contributed by atoms with van der Waals surface area (Å²) in [7, 11) is 1.71. The second-order valence-corrected chi connectivity index (χ2v) is 4.15. The van der Waals surface area contributed by atoms with Crippen molar-refractivity contribution in [3.8, 4) is 11.4 Å². The number of hydrogen-bond acceptors (Lipinski definition) is 2. The number of carbonyl (C=O) groups is 1. The van der Waals surface area contributed by atoms with Crippen molar-refractivity contribution in [3.63, 3.8) is 0 Å². The monoisotopic (exact) mass is 230 g/mol. The van der Waals surface area contributed by atoms with Crippen LogP contribution in [0, 0.1) is 13.8 Å². The van der Waals surface area contributed by atoms with E-state index in [1.807, 2.05) is 26.0 Å². The van der Waals surface area contributed by atoms with Crippen LogP contribution in [0.25, 0.3) is 11.4 Å². The van der Waals surface area contributed by atoms with Gasteiger partial charge in [0.1, 0.15) is 11.5 Å². The van der Waals surface area contributed by atoms with Gasteiger partial charge in [-0.2, -0.15) is 0 Å². The average Bonchev–Trinajstić information content (AvgIpc) is 2.60. The predicted octanol–water partition coefficient (Wildman–Crippen LogP) is 2.40. The molecule has 0 unspecified atom stereocenters. The first-order chi connectivity index (χ1) is 8.00. The number of aromatic carboxylic acids is 1. The molecule has 1 heterocycles. The fourth-order valence-corrected chi connectivity index (χ4v) is 1.92. The largest absolute Gasteiger partial charge is 0.477 e. The third-order valence-corrected chi connectivity index (χ3v) is 2.83. The smallest absolute Gasteiger partial charge is 0.354 e. The van der Waals surface area contributed by atoms with E-state index in [0.29, 0.717) is 5.82 Å². The van der Waals surface area contributed by atoms with E-state index in [9.17, 15) is 4.79 Å². The summed E-state index contributed by atoms with van der Waals surface area (Å²) < 4.78 is 1.60. The van der Waals surface area contributed by atoms with Crippen LogP contribution in [-0.4, -0.2) is 20.6 Å². The minimum absolute atomic E-state index is 0.194. The van der Waals surface area contributed by atoms with Crippen LogP contribution in [0.5, 0.6) is 0 Å². The number of imidazole rings is 1. The number of benzene rings is 1. The lowest BCUT2D eigenvalue weighted by atomic mass is 10.1. The maximum Gasteiger partial charge on any atom is 0.354 e. The lowest BCUT2D eigenvalue weighted by Gasteiger charge is -2.07. The topological polar surface area (TPSA) is 55.1 Å². The Balaban J connectivity index is 2.57. The van der Waals surface area contributed by atoms with Crippen LogP contribution in [0.4, 0.5) is 0 Å². The first kappa shape index (κ1) is 11.4. The Morgan fingerprint density at radius 1 is 1.35 bits per heavy atom. The van der Waals surface area contributed by atoms with Crippen LogP contribution in [0.15, 0.2) is 24.4 Å². The highest BCUT2D eigenvalue weighted by atomic mass is 16.4. The predicted molar refractivity (Wildman–Crippen MR) is 65.1 cm³/mol. The summed E-state index contributed by atoms with van der Waals surface area (Å²) in [6, 6.07) is 6.03. The summed E-state index contributed by atoms with van der Waals surface area (Å²) >= 11 is 0. The van der Waals surface area contributed by atoms with Crippen LogP contribution in [0.2, 0.25) is 0 Å². The highest BCUT2D eigenvalue weighted by molar-refractivity contribution is 5.86. The van der Waals surface area contributed by atoms with E-state index in [1.165, 1.54) is 11.8 Å². The second-order valence-electron chi connectivity index (χ2n) is 4.15. The van der Waals surface area contributed by atoms with Gasteiger partial charge < -0.3 is 9.67 Å².